The van der Waals surface area contributed by atoms with E-state index in [0.717, 1.165) is 0 Å². The van der Waals surface area contributed by atoms with Crippen molar-refractivity contribution in [2.45, 2.75) is 51.9 Å². The van der Waals surface area contributed by atoms with Crippen LogP contribution in [0.3, 0.4) is 0 Å². The number of likely N-dealkylation sites (tertiary alicyclic amines) is 1. The molecule has 19 heavy (non-hydrogen) atoms. The molecular weight excluding hydrogens is 248 g/mol. The molecule has 1 aromatic rings. The van der Waals surface area contributed by atoms with E-state index in [0.29, 0.717) is 24.6 Å². The van der Waals surface area contributed by atoms with E-state index in [1.807, 2.05) is 20.8 Å². The van der Waals surface area contributed by atoms with E-state index in [-0.39, 0.29) is 17.7 Å². The highest BCUT2D eigenvalue weighted by Gasteiger charge is 2.40. The van der Waals surface area contributed by atoms with Crippen molar-refractivity contribution < 1.29 is 19.1 Å². The minimum Gasteiger partial charge on any atom is -0.465 e. The normalized spacial score (nSPS) is 23.9. The van der Waals surface area contributed by atoms with Gasteiger partial charge in [0.05, 0.1) is 24.4 Å². The van der Waals surface area contributed by atoms with E-state index in [1.54, 1.807) is 13.1 Å². The van der Waals surface area contributed by atoms with E-state index in [2.05, 4.69) is 4.98 Å². The molecule has 0 saturated carbocycles. The number of oxazole rings is 1. The molecule has 1 fully saturated rings. The molecule has 1 saturated heterocycles. The standard InChI is InChI=1S/C13H20N2O4/c1-8-6-14-11(18-8)10-5-9(19-13(2,3)4)7-15(10)12(16)17/h6,9-10H,5,7H2,1-4H3,(H,16,17)/t9-,10+/m1/s1. The highest BCUT2D eigenvalue weighted by molar-refractivity contribution is 5.66. The SMILES string of the molecule is Cc1cnc([C@@H]2C[C@@H](OC(C)(C)C)CN2C(=O)O)o1. The maximum atomic E-state index is 11.3. The Morgan fingerprint density at radius 3 is 2.74 bits per heavy atom. The topological polar surface area (TPSA) is 75.8 Å². The number of carboxylic acid groups (broad SMARTS) is 1. The molecule has 0 radical (unpaired) electrons. The van der Waals surface area contributed by atoms with Gasteiger partial charge in [-0.3, -0.25) is 4.90 Å². The van der Waals surface area contributed by atoms with Crippen molar-refractivity contribution in [2.75, 3.05) is 6.54 Å². The first-order valence-electron chi connectivity index (χ1n) is 6.36. The first kappa shape index (κ1) is 13.9. The van der Waals surface area contributed by atoms with Crippen LogP contribution in [0.2, 0.25) is 0 Å². The molecule has 106 valence electrons. The average molecular weight is 268 g/mol. The number of aryl methyl sites for hydroxylation is 1. The molecule has 0 unspecified atom stereocenters. The van der Waals surface area contributed by atoms with Gasteiger partial charge in [-0.1, -0.05) is 0 Å². The number of carbonyl (C=O) groups is 1. The lowest BCUT2D eigenvalue weighted by molar-refractivity contribution is -0.0536. The Balaban J connectivity index is 2.15. The molecular formula is C13H20N2O4. The van der Waals surface area contributed by atoms with Crippen LogP contribution in [0.5, 0.6) is 0 Å². The van der Waals surface area contributed by atoms with Crippen molar-refractivity contribution in [3.63, 3.8) is 0 Å². The van der Waals surface area contributed by atoms with Crippen LogP contribution in [-0.2, 0) is 4.74 Å². The third kappa shape index (κ3) is 3.26. The van der Waals surface area contributed by atoms with Crippen LogP contribution >= 0.6 is 0 Å². The highest BCUT2D eigenvalue weighted by atomic mass is 16.5. The van der Waals surface area contributed by atoms with Crippen LogP contribution in [0.4, 0.5) is 4.79 Å². The second-order valence-corrected chi connectivity index (χ2v) is 5.85. The summed E-state index contributed by atoms with van der Waals surface area (Å²) in [5.41, 5.74) is -0.295. The fourth-order valence-corrected chi connectivity index (χ4v) is 2.35. The lowest BCUT2D eigenvalue weighted by Crippen LogP contribution is -2.33. The molecule has 6 heteroatoms. The Kier molecular flexibility index (Phi) is 3.54. The lowest BCUT2D eigenvalue weighted by atomic mass is 10.1. The largest absolute Gasteiger partial charge is 0.465 e. The minimum atomic E-state index is -0.971. The summed E-state index contributed by atoms with van der Waals surface area (Å²) >= 11 is 0. The van der Waals surface area contributed by atoms with Gasteiger partial charge in [0.15, 0.2) is 0 Å². The Morgan fingerprint density at radius 2 is 2.26 bits per heavy atom. The lowest BCUT2D eigenvalue weighted by Gasteiger charge is -2.24. The predicted molar refractivity (Wildman–Crippen MR) is 68.0 cm³/mol. The van der Waals surface area contributed by atoms with Gasteiger partial charge < -0.3 is 14.3 Å². The van der Waals surface area contributed by atoms with Crippen molar-refractivity contribution in [1.82, 2.24) is 9.88 Å². The van der Waals surface area contributed by atoms with E-state index in [4.69, 9.17) is 9.15 Å². The minimum absolute atomic E-state index is 0.131. The summed E-state index contributed by atoms with van der Waals surface area (Å²) in [6, 6.07) is -0.362. The van der Waals surface area contributed by atoms with E-state index in [9.17, 15) is 9.90 Å². The molecule has 1 N–H and O–H groups in total. The Labute approximate surface area is 112 Å². The number of rotatable bonds is 2. The molecule has 0 spiro atoms. The summed E-state index contributed by atoms with van der Waals surface area (Å²) in [7, 11) is 0. The van der Waals surface area contributed by atoms with Crippen molar-refractivity contribution in [3.05, 3.63) is 17.8 Å². The molecule has 2 atom stereocenters. The van der Waals surface area contributed by atoms with Gasteiger partial charge in [-0.05, 0) is 27.7 Å². The van der Waals surface area contributed by atoms with Gasteiger partial charge in [0, 0.05) is 6.42 Å². The second-order valence-electron chi connectivity index (χ2n) is 5.85. The van der Waals surface area contributed by atoms with Crippen molar-refractivity contribution in [1.29, 1.82) is 0 Å². The molecule has 0 aliphatic carbocycles. The number of nitrogens with zero attached hydrogens (tertiary/aromatic N) is 2. The third-order valence-corrected chi connectivity index (χ3v) is 2.95. The van der Waals surface area contributed by atoms with Gasteiger partial charge in [-0.2, -0.15) is 0 Å². The van der Waals surface area contributed by atoms with Crippen molar-refractivity contribution in [2.24, 2.45) is 0 Å². The van der Waals surface area contributed by atoms with Crippen LogP contribution in [0, 0.1) is 6.92 Å². The van der Waals surface area contributed by atoms with Crippen molar-refractivity contribution >= 4 is 6.09 Å². The number of hydrogen-bond donors (Lipinski definition) is 1. The quantitative estimate of drug-likeness (QED) is 0.892. The van der Waals surface area contributed by atoms with Crippen LogP contribution in [0.1, 0.15) is 44.9 Å². The molecule has 2 rings (SSSR count). The van der Waals surface area contributed by atoms with Gasteiger partial charge in [-0.25, -0.2) is 9.78 Å². The zero-order valence-corrected chi connectivity index (χ0v) is 11.7. The second kappa shape index (κ2) is 4.85. The highest BCUT2D eigenvalue weighted by Crippen LogP contribution is 2.34. The number of ether oxygens (including phenoxy) is 1. The molecule has 0 aromatic carbocycles. The molecule has 0 bridgehead atoms. The summed E-state index contributed by atoms with van der Waals surface area (Å²) in [5.74, 6) is 1.13. The van der Waals surface area contributed by atoms with E-state index < -0.39 is 6.09 Å². The maximum Gasteiger partial charge on any atom is 0.408 e. The summed E-state index contributed by atoms with van der Waals surface area (Å²) in [6.45, 7) is 8.01. The van der Waals surface area contributed by atoms with Gasteiger partial charge in [0.25, 0.3) is 0 Å². The molecule has 1 aliphatic rings. The van der Waals surface area contributed by atoms with Gasteiger partial charge in [0.1, 0.15) is 11.8 Å². The fraction of sp³-hybridized carbons (Fsp3) is 0.692. The zero-order valence-electron chi connectivity index (χ0n) is 11.7. The smallest absolute Gasteiger partial charge is 0.408 e. The fourth-order valence-electron chi connectivity index (χ4n) is 2.35. The van der Waals surface area contributed by atoms with Crippen LogP contribution in [0.25, 0.3) is 0 Å². The number of amides is 1. The van der Waals surface area contributed by atoms with Crippen LogP contribution < -0.4 is 0 Å². The monoisotopic (exact) mass is 268 g/mol. The summed E-state index contributed by atoms with van der Waals surface area (Å²) in [5, 5.41) is 9.27. The van der Waals surface area contributed by atoms with Gasteiger partial charge in [0.2, 0.25) is 5.89 Å². The predicted octanol–water partition coefficient (Wildman–Crippen LogP) is 2.59. The van der Waals surface area contributed by atoms with Crippen LogP contribution in [0.15, 0.2) is 10.6 Å². The van der Waals surface area contributed by atoms with Crippen LogP contribution in [-0.4, -0.2) is 39.3 Å². The number of aromatic nitrogens is 1. The molecule has 1 aromatic heterocycles. The molecule has 1 amide bonds. The summed E-state index contributed by atoms with van der Waals surface area (Å²) < 4.78 is 11.3. The summed E-state index contributed by atoms with van der Waals surface area (Å²) in [4.78, 5) is 16.8. The Bertz CT molecular complexity index is 463. The molecule has 1 aliphatic heterocycles. The molecule has 2 heterocycles. The Morgan fingerprint density at radius 1 is 1.58 bits per heavy atom. The Hall–Kier alpha value is -1.56. The van der Waals surface area contributed by atoms with Gasteiger partial charge in [-0.15, -0.1) is 0 Å². The average Bonchev–Trinajstić information content (AvgIpc) is 2.81. The third-order valence-electron chi connectivity index (χ3n) is 2.95. The first-order valence-corrected chi connectivity index (χ1v) is 6.36. The first-order chi connectivity index (χ1) is 8.76. The maximum absolute atomic E-state index is 11.3. The van der Waals surface area contributed by atoms with Gasteiger partial charge >= 0.3 is 6.09 Å². The summed E-state index contributed by atoms with van der Waals surface area (Å²) in [6.07, 6.45) is 1.07. The molecule has 6 nitrogen and oxygen atoms in total. The zero-order chi connectivity index (χ0) is 14.2. The van der Waals surface area contributed by atoms with E-state index >= 15 is 0 Å². The number of hydrogen-bond acceptors (Lipinski definition) is 4. The van der Waals surface area contributed by atoms with Crippen molar-refractivity contribution in [3.8, 4) is 0 Å². The van der Waals surface area contributed by atoms with E-state index in [1.165, 1.54) is 4.90 Å².